The Morgan fingerprint density at radius 1 is 1.56 bits per heavy atom. The van der Waals surface area contributed by atoms with Gasteiger partial charge in [0, 0.05) is 19.5 Å². The summed E-state index contributed by atoms with van der Waals surface area (Å²) in [5, 5.41) is 7.71. The van der Waals surface area contributed by atoms with Crippen LogP contribution in [0.5, 0.6) is 0 Å². The van der Waals surface area contributed by atoms with Crippen LogP contribution in [-0.2, 0) is 4.74 Å². The van der Waals surface area contributed by atoms with Crippen LogP contribution >= 0.6 is 0 Å². The first kappa shape index (κ1) is 12.8. The van der Waals surface area contributed by atoms with Crippen molar-refractivity contribution >= 4 is 11.3 Å². The van der Waals surface area contributed by atoms with Crippen molar-refractivity contribution in [1.29, 1.82) is 0 Å². The molecule has 6 nitrogen and oxygen atoms in total. The Morgan fingerprint density at radius 3 is 3.11 bits per heavy atom. The second kappa shape index (κ2) is 5.79. The van der Waals surface area contributed by atoms with E-state index < -0.39 is 0 Å². The molecule has 6 heteroatoms. The molecule has 0 radical (unpaired) electrons. The Kier molecular flexibility index (Phi) is 4.11. The lowest BCUT2D eigenvalue weighted by Crippen LogP contribution is -2.28. The van der Waals surface area contributed by atoms with Gasteiger partial charge in [0.1, 0.15) is 5.52 Å². The maximum Gasteiger partial charge on any atom is 0.152 e. The molecule has 0 aliphatic carbocycles. The van der Waals surface area contributed by atoms with Crippen LogP contribution < -0.4 is 11.1 Å². The van der Waals surface area contributed by atoms with Crippen molar-refractivity contribution in [3.05, 3.63) is 24.2 Å². The van der Waals surface area contributed by atoms with Crippen LogP contribution in [0.1, 0.15) is 12.1 Å². The van der Waals surface area contributed by atoms with Gasteiger partial charge in [0.05, 0.1) is 18.3 Å². The van der Waals surface area contributed by atoms with Crippen LogP contribution in [0.2, 0.25) is 0 Å². The summed E-state index contributed by atoms with van der Waals surface area (Å²) in [6.45, 7) is 3.18. The Balaban J connectivity index is 2.23. The number of methoxy groups -OCH3 is 1. The second-order valence-electron chi connectivity index (χ2n) is 4.27. The summed E-state index contributed by atoms with van der Waals surface area (Å²) in [5.74, 6) is 0.814. The first-order valence-electron chi connectivity index (χ1n) is 6.01. The van der Waals surface area contributed by atoms with Gasteiger partial charge in [-0.05, 0) is 26.0 Å². The number of aryl methyl sites for hydroxylation is 1. The smallest absolute Gasteiger partial charge is 0.152 e. The van der Waals surface area contributed by atoms with Gasteiger partial charge in [-0.25, -0.2) is 9.50 Å². The minimum atomic E-state index is 0.161. The molecule has 0 saturated heterocycles. The fraction of sp³-hybridized carbons (Fsp3) is 0.500. The molecule has 0 aliphatic rings. The molecule has 3 N–H and O–H groups in total. The highest BCUT2D eigenvalue weighted by molar-refractivity contribution is 5.67. The molecule has 0 spiro atoms. The largest absolute Gasteiger partial charge is 0.383 e. The van der Waals surface area contributed by atoms with E-state index in [1.165, 1.54) is 0 Å². The van der Waals surface area contributed by atoms with Crippen LogP contribution in [-0.4, -0.2) is 40.9 Å². The summed E-state index contributed by atoms with van der Waals surface area (Å²) >= 11 is 0. The third kappa shape index (κ3) is 2.77. The molecule has 2 rings (SSSR count). The summed E-state index contributed by atoms with van der Waals surface area (Å²) < 4.78 is 6.99. The standard InChI is InChI=1S/C12H19N5O/c1-9-7-11-12(14-5-6-17(11)16-9)15-10(3-4-13)8-18-2/h5-7,10H,3-4,8,13H2,1-2H3,(H,14,15). The first-order chi connectivity index (χ1) is 8.74. The molecule has 18 heavy (non-hydrogen) atoms. The summed E-state index contributed by atoms with van der Waals surface area (Å²) in [5.41, 5.74) is 7.53. The van der Waals surface area contributed by atoms with Crippen LogP contribution in [0.15, 0.2) is 18.5 Å². The molecule has 98 valence electrons. The van der Waals surface area contributed by atoms with Crippen LogP contribution in [0.4, 0.5) is 5.82 Å². The third-order valence-corrected chi connectivity index (χ3v) is 2.74. The summed E-state index contributed by atoms with van der Waals surface area (Å²) in [6.07, 6.45) is 4.40. The number of aromatic nitrogens is 3. The van der Waals surface area contributed by atoms with Gasteiger partial charge in [-0.3, -0.25) is 0 Å². The van der Waals surface area contributed by atoms with Crippen molar-refractivity contribution in [3.63, 3.8) is 0 Å². The van der Waals surface area contributed by atoms with Gasteiger partial charge in [-0.15, -0.1) is 0 Å². The molecule has 1 atom stereocenters. The highest BCUT2D eigenvalue weighted by atomic mass is 16.5. The highest BCUT2D eigenvalue weighted by Gasteiger charge is 2.11. The van der Waals surface area contributed by atoms with Gasteiger partial charge in [0.15, 0.2) is 5.82 Å². The fourth-order valence-corrected chi connectivity index (χ4v) is 1.95. The Bertz CT molecular complexity index is 504. The monoisotopic (exact) mass is 249 g/mol. The molecule has 0 saturated carbocycles. The average molecular weight is 249 g/mol. The summed E-state index contributed by atoms with van der Waals surface area (Å²) in [6, 6.07) is 2.16. The lowest BCUT2D eigenvalue weighted by molar-refractivity contribution is 0.183. The van der Waals surface area contributed by atoms with Gasteiger partial charge in [-0.1, -0.05) is 0 Å². The van der Waals surface area contributed by atoms with Gasteiger partial charge in [0.2, 0.25) is 0 Å². The lowest BCUT2D eigenvalue weighted by atomic mass is 10.2. The maximum atomic E-state index is 5.60. The molecule has 0 aliphatic heterocycles. The number of ether oxygens (including phenoxy) is 1. The Hall–Kier alpha value is -1.66. The zero-order valence-electron chi connectivity index (χ0n) is 10.8. The molecular formula is C12H19N5O. The van der Waals surface area contributed by atoms with Crippen molar-refractivity contribution in [1.82, 2.24) is 14.6 Å². The third-order valence-electron chi connectivity index (χ3n) is 2.74. The molecule has 0 bridgehead atoms. The highest BCUT2D eigenvalue weighted by Crippen LogP contribution is 2.16. The number of nitrogens with one attached hydrogen (secondary N) is 1. The van der Waals surface area contributed by atoms with Crippen LogP contribution in [0.25, 0.3) is 5.52 Å². The molecule has 2 aromatic rings. The van der Waals surface area contributed by atoms with E-state index in [-0.39, 0.29) is 6.04 Å². The molecule has 0 aromatic carbocycles. The maximum absolute atomic E-state index is 5.60. The predicted octanol–water partition coefficient (Wildman–Crippen LogP) is 0.813. The summed E-state index contributed by atoms with van der Waals surface area (Å²) in [7, 11) is 1.68. The average Bonchev–Trinajstić information content (AvgIpc) is 2.71. The fourth-order valence-electron chi connectivity index (χ4n) is 1.95. The number of anilines is 1. The zero-order valence-corrected chi connectivity index (χ0v) is 10.8. The minimum absolute atomic E-state index is 0.161. The van der Waals surface area contributed by atoms with Crippen molar-refractivity contribution in [2.45, 2.75) is 19.4 Å². The minimum Gasteiger partial charge on any atom is -0.383 e. The van der Waals surface area contributed by atoms with Crippen molar-refractivity contribution < 1.29 is 4.74 Å². The number of nitrogens with two attached hydrogens (primary N) is 1. The number of fused-ring (bicyclic) bond motifs is 1. The van der Waals surface area contributed by atoms with Gasteiger partial charge in [-0.2, -0.15) is 5.10 Å². The zero-order chi connectivity index (χ0) is 13.0. The van der Waals surface area contributed by atoms with Crippen LogP contribution in [0.3, 0.4) is 0 Å². The van der Waals surface area contributed by atoms with Crippen molar-refractivity contribution in [2.75, 3.05) is 25.6 Å². The quantitative estimate of drug-likeness (QED) is 0.792. The molecule has 0 amide bonds. The van der Waals surface area contributed by atoms with E-state index in [1.807, 2.05) is 23.7 Å². The summed E-state index contributed by atoms with van der Waals surface area (Å²) in [4.78, 5) is 4.36. The topological polar surface area (TPSA) is 77.5 Å². The molecule has 2 aromatic heterocycles. The van der Waals surface area contributed by atoms with E-state index in [9.17, 15) is 0 Å². The van der Waals surface area contributed by atoms with E-state index in [2.05, 4.69) is 15.4 Å². The van der Waals surface area contributed by atoms with Crippen molar-refractivity contribution in [3.8, 4) is 0 Å². The predicted molar refractivity (Wildman–Crippen MR) is 70.7 cm³/mol. The molecule has 2 heterocycles. The number of hydrogen-bond donors (Lipinski definition) is 2. The van der Waals surface area contributed by atoms with Crippen molar-refractivity contribution in [2.24, 2.45) is 5.73 Å². The second-order valence-corrected chi connectivity index (χ2v) is 4.27. The number of nitrogens with zero attached hydrogens (tertiary/aromatic N) is 3. The Labute approximate surface area is 106 Å². The van der Waals surface area contributed by atoms with Crippen LogP contribution in [0, 0.1) is 6.92 Å². The SMILES string of the molecule is COCC(CCN)Nc1nccn2nc(C)cc12. The van der Waals surface area contributed by atoms with Gasteiger partial charge in [0.25, 0.3) is 0 Å². The lowest BCUT2D eigenvalue weighted by Gasteiger charge is -2.17. The normalized spacial score (nSPS) is 12.8. The number of rotatable bonds is 6. The first-order valence-corrected chi connectivity index (χ1v) is 6.01. The Morgan fingerprint density at radius 2 is 2.39 bits per heavy atom. The van der Waals surface area contributed by atoms with Gasteiger partial charge < -0.3 is 15.8 Å². The molecular weight excluding hydrogens is 230 g/mol. The van der Waals surface area contributed by atoms with E-state index in [1.54, 1.807) is 13.3 Å². The van der Waals surface area contributed by atoms with Gasteiger partial charge >= 0.3 is 0 Å². The van der Waals surface area contributed by atoms with E-state index in [0.29, 0.717) is 13.2 Å². The molecule has 0 fully saturated rings. The number of hydrogen-bond acceptors (Lipinski definition) is 5. The van der Waals surface area contributed by atoms with E-state index in [4.69, 9.17) is 10.5 Å². The molecule has 1 unspecified atom stereocenters. The van der Waals surface area contributed by atoms with E-state index >= 15 is 0 Å². The van der Waals surface area contributed by atoms with E-state index in [0.717, 1.165) is 23.4 Å².